The first kappa shape index (κ1) is 30.3. The predicted octanol–water partition coefficient (Wildman–Crippen LogP) is 1.27. The van der Waals surface area contributed by atoms with Crippen LogP contribution < -0.4 is 11.1 Å². The number of fused-ring (bicyclic) bond motifs is 1. The van der Waals surface area contributed by atoms with Gasteiger partial charge in [0.15, 0.2) is 10.8 Å². The summed E-state index contributed by atoms with van der Waals surface area (Å²) in [6, 6.07) is -0.926. The third-order valence-corrected chi connectivity index (χ3v) is 7.21. The monoisotopic (exact) mass is 593 g/mol. The highest BCUT2D eigenvalue weighted by molar-refractivity contribution is 8.00. The SMILES string of the molecule is CCC(=O)OC(C)OC(=S)C1=C(C)CS[C@@H]2C(NC(=O)C(=NOCC(=O)O)c3csc(N)n3)C(=O)N12.Cl. The number of nitrogens with two attached hydrogens (primary N) is 1. The van der Waals surface area contributed by atoms with E-state index in [0.29, 0.717) is 11.4 Å². The van der Waals surface area contributed by atoms with E-state index in [2.05, 4.69) is 15.5 Å². The number of thioether (sulfide) groups is 1. The van der Waals surface area contributed by atoms with Gasteiger partial charge in [-0.25, -0.2) is 9.78 Å². The number of aromatic nitrogens is 1. The maximum Gasteiger partial charge on any atom is 0.344 e. The molecule has 2 aliphatic heterocycles. The zero-order valence-corrected chi connectivity index (χ0v) is 23.1. The Kier molecular flexibility index (Phi) is 10.7. The standard InChI is InChI=1S/C20H23N5O8S3.ClH/c1-4-12(28)32-9(3)33-19(34)15-8(2)6-35-18-14(17(30)25(15)18)23-16(29)13(24-31-5-11(26)27)10-7-36-20(21)22-10;/h7,9,14,18H,4-6H2,1-3H3,(H2,21,22)(H,23,29)(H,26,27);1H/t9?,14?,18-;/m1./s1. The molecule has 0 bridgehead atoms. The summed E-state index contributed by atoms with van der Waals surface area (Å²) in [7, 11) is 0. The van der Waals surface area contributed by atoms with Crippen LogP contribution in [0.15, 0.2) is 21.8 Å². The summed E-state index contributed by atoms with van der Waals surface area (Å²) >= 11 is 7.83. The third-order valence-electron chi connectivity index (χ3n) is 4.82. The molecule has 37 heavy (non-hydrogen) atoms. The Balaban J connectivity index is 0.00000481. The lowest BCUT2D eigenvalue weighted by Crippen LogP contribution is -2.71. The second kappa shape index (κ2) is 13.0. The van der Waals surface area contributed by atoms with Crippen molar-refractivity contribution in [2.45, 2.75) is 44.9 Å². The number of carbonyl (C=O) groups is 4. The van der Waals surface area contributed by atoms with Crippen molar-refractivity contribution < 1.29 is 38.6 Å². The molecule has 13 nitrogen and oxygen atoms in total. The van der Waals surface area contributed by atoms with E-state index in [1.165, 1.54) is 29.0 Å². The first-order chi connectivity index (χ1) is 17.0. The fourth-order valence-corrected chi connectivity index (χ4v) is 5.47. The minimum Gasteiger partial charge on any atom is -0.479 e. The molecule has 0 radical (unpaired) electrons. The fourth-order valence-electron chi connectivity index (χ4n) is 3.22. The van der Waals surface area contributed by atoms with Crippen molar-refractivity contribution in [3.8, 4) is 0 Å². The summed E-state index contributed by atoms with van der Waals surface area (Å²) in [5.41, 5.74) is 6.55. The number of carbonyl (C=O) groups excluding carboxylic acids is 3. The lowest BCUT2D eigenvalue weighted by molar-refractivity contribution is -0.162. The number of ether oxygens (including phenoxy) is 2. The number of amides is 2. The number of carboxylic acid groups (broad SMARTS) is 1. The number of aliphatic carboxylic acids is 1. The molecule has 1 aromatic rings. The summed E-state index contributed by atoms with van der Waals surface area (Å²) < 4.78 is 10.6. The van der Waals surface area contributed by atoms with Gasteiger partial charge < -0.3 is 30.5 Å². The number of esters is 1. The van der Waals surface area contributed by atoms with Gasteiger partial charge >= 0.3 is 11.9 Å². The maximum atomic E-state index is 13.0. The number of anilines is 1. The number of hydrogen-bond donors (Lipinski definition) is 3. The molecule has 0 spiro atoms. The number of nitrogens with one attached hydrogen (secondary N) is 1. The number of hydrogen-bond acceptors (Lipinski definition) is 13. The summed E-state index contributed by atoms with van der Waals surface area (Å²) in [6.07, 6.45) is -0.771. The molecule has 17 heteroatoms. The summed E-state index contributed by atoms with van der Waals surface area (Å²) in [4.78, 5) is 58.4. The van der Waals surface area contributed by atoms with Crippen LogP contribution in [0.2, 0.25) is 0 Å². The zero-order chi connectivity index (χ0) is 26.6. The van der Waals surface area contributed by atoms with Crippen molar-refractivity contribution in [2.24, 2.45) is 5.16 Å². The smallest absolute Gasteiger partial charge is 0.344 e. The molecule has 1 fully saturated rings. The normalized spacial score (nSPS) is 19.6. The number of oxime groups is 1. The minimum atomic E-state index is -1.29. The number of nitrogen functional groups attached to an aromatic ring is 1. The van der Waals surface area contributed by atoms with Gasteiger partial charge in [0.2, 0.25) is 17.9 Å². The number of β-lactam (4-membered cyclic amide) rings is 1. The van der Waals surface area contributed by atoms with E-state index < -0.39 is 48.1 Å². The van der Waals surface area contributed by atoms with Gasteiger partial charge in [0.25, 0.3) is 11.8 Å². The van der Waals surface area contributed by atoms with Gasteiger partial charge in [-0.2, -0.15) is 0 Å². The molecule has 3 heterocycles. The Labute approximate surface area is 231 Å². The molecule has 1 saturated heterocycles. The van der Waals surface area contributed by atoms with E-state index in [-0.39, 0.29) is 40.4 Å². The van der Waals surface area contributed by atoms with Crippen molar-refractivity contribution in [2.75, 3.05) is 18.1 Å². The Hall–Kier alpha value is -2.95. The van der Waals surface area contributed by atoms with Crippen LogP contribution >= 0.6 is 47.7 Å². The molecule has 0 saturated carbocycles. The molecule has 0 aromatic carbocycles. The van der Waals surface area contributed by atoms with Crippen molar-refractivity contribution >= 4 is 87.4 Å². The highest BCUT2D eigenvalue weighted by atomic mass is 35.5. The Morgan fingerprint density at radius 2 is 2.11 bits per heavy atom. The first-order valence-corrected chi connectivity index (χ1v) is 12.9. The molecule has 202 valence electrons. The van der Waals surface area contributed by atoms with Crippen molar-refractivity contribution in [1.82, 2.24) is 15.2 Å². The maximum absolute atomic E-state index is 13.0. The lowest BCUT2D eigenvalue weighted by Gasteiger charge is -2.50. The summed E-state index contributed by atoms with van der Waals surface area (Å²) in [6.45, 7) is 4.19. The van der Waals surface area contributed by atoms with Crippen LogP contribution in [-0.2, 0) is 33.5 Å². The average molecular weight is 594 g/mol. The van der Waals surface area contributed by atoms with Crippen molar-refractivity contribution in [3.05, 3.63) is 22.3 Å². The van der Waals surface area contributed by atoms with E-state index in [4.69, 9.17) is 37.4 Å². The van der Waals surface area contributed by atoms with Crippen LogP contribution in [0.25, 0.3) is 0 Å². The topological polar surface area (TPSA) is 183 Å². The number of rotatable bonds is 10. The number of thiocarbonyl (C=S) groups is 1. The highest BCUT2D eigenvalue weighted by Gasteiger charge is 2.53. The van der Waals surface area contributed by atoms with Gasteiger partial charge in [-0.3, -0.25) is 19.3 Å². The van der Waals surface area contributed by atoms with Gasteiger partial charge in [0.05, 0.1) is 5.70 Å². The Bertz CT molecular complexity index is 1160. The molecule has 2 amide bonds. The molecule has 0 aliphatic carbocycles. The number of nitrogens with zero attached hydrogens (tertiary/aromatic N) is 3. The molecule has 2 unspecified atom stereocenters. The van der Waals surface area contributed by atoms with Gasteiger partial charge in [0, 0.05) is 24.5 Å². The molecule has 4 N–H and O–H groups in total. The van der Waals surface area contributed by atoms with E-state index in [1.54, 1.807) is 13.8 Å². The zero-order valence-electron chi connectivity index (χ0n) is 19.8. The van der Waals surface area contributed by atoms with E-state index >= 15 is 0 Å². The summed E-state index contributed by atoms with van der Waals surface area (Å²) in [5, 5.41) is 16.1. The van der Waals surface area contributed by atoms with Crippen LogP contribution in [-0.4, -0.2) is 79.6 Å². The molecule has 1 aromatic heterocycles. The van der Waals surface area contributed by atoms with Gasteiger partial charge in [0.1, 0.15) is 17.1 Å². The van der Waals surface area contributed by atoms with Crippen LogP contribution in [0.3, 0.4) is 0 Å². The van der Waals surface area contributed by atoms with Crippen LogP contribution in [0, 0.1) is 0 Å². The van der Waals surface area contributed by atoms with Crippen LogP contribution in [0.4, 0.5) is 5.13 Å². The average Bonchev–Trinajstić information content (AvgIpc) is 3.25. The quantitative estimate of drug-likeness (QED) is 0.0883. The molecule has 3 atom stereocenters. The molecule has 2 aliphatic rings. The summed E-state index contributed by atoms with van der Waals surface area (Å²) in [5.74, 6) is -2.47. The first-order valence-electron chi connectivity index (χ1n) is 10.5. The predicted molar refractivity (Wildman–Crippen MR) is 141 cm³/mol. The number of thiazole rings is 1. The van der Waals surface area contributed by atoms with Gasteiger partial charge in [-0.1, -0.05) is 12.1 Å². The van der Waals surface area contributed by atoms with Crippen molar-refractivity contribution in [3.63, 3.8) is 0 Å². The second-order valence-electron chi connectivity index (χ2n) is 7.48. The van der Waals surface area contributed by atoms with Crippen molar-refractivity contribution in [1.29, 1.82) is 0 Å². The third kappa shape index (κ3) is 7.09. The number of halogens is 1. The minimum absolute atomic E-state index is 0. The van der Waals surface area contributed by atoms with E-state index in [9.17, 15) is 19.2 Å². The van der Waals surface area contributed by atoms with Gasteiger partial charge in [-0.05, 0) is 24.7 Å². The van der Waals surface area contributed by atoms with E-state index in [0.717, 1.165) is 16.9 Å². The lowest BCUT2D eigenvalue weighted by atomic mass is 10.0. The van der Waals surface area contributed by atoms with Crippen LogP contribution in [0.1, 0.15) is 32.9 Å². The highest BCUT2D eigenvalue weighted by Crippen LogP contribution is 2.41. The largest absolute Gasteiger partial charge is 0.479 e. The van der Waals surface area contributed by atoms with E-state index in [1.807, 2.05) is 0 Å². The molecular formula is C20H24ClN5O8S3. The Morgan fingerprint density at radius 1 is 1.41 bits per heavy atom. The Morgan fingerprint density at radius 3 is 2.70 bits per heavy atom. The van der Waals surface area contributed by atoms with Crippen LogP contribution in [0.5, 0.6) is 0 Å². The number of carboxylic acids is 1. The molecular weight excluding hydrogens is 570 g/mol. The van der Waals surface area contributed by atoms with Gasteiger partial charge in [-0.15, -0.1) is 35.5 Å². The second-order valence-corrected chi connectivity index (χ2v) is 9.85. The molecule has 3 rings (SSSR count). The fraction of sp³-hybridized carbons (Fsp3) is 0.450.